The lowest BCUT2D eigenvalue weighted by molar-refractivity contribution is -0.137. The summed E-state index contributed by atoms with van der Waals surface area (Å²) in [5.74, 6) is -2.33. The summed E-state index contributed by atoms with van der Waals surface area (Å²) in [5, 5.41) is 0. The van der Waals surface area contributed by atoms with Gasteiger partial charge in [-0.15, -0.1) is 0 Å². The van der Waals surface area contributed by atoms with Gasteiger partial charge in [-0.3, -0.25) is 9.52 Å². The number of hydrogen-bond acceptors (Lipinski definition) is 7. The molecule has 0 fully saturated rings. The molecule has 3 aromatic rings. The number of halogens is 3. The molecule has 39 heavy (non-hydrogen) atoms. The van der Waals surface area contributed by atoms with E-state index in [-0.39, 0.29) is 29.1 Å². The van der Waals surface area contributed by atoms with Gasteiger partial charge in [-0.2, -0.15) is 13.2 Å². The number of carbonyl (C=O) groups is 3. The molecule has 0 radical (unpaired) electrons. The highest BCUT2D eigenvalue weighted by Crippen LogP contribution is 2.31. The van der Waals surface area contributed by atoms with Crippen LogP contribution in [0.1, 0.15) is 61.9 Å². The highest BCUT2D eigenvalue weighted by atomic mass is 32.2. The number of esters is 2. The van der Waals surface area contributed by atoms with Crippen molar-refractivity contribution in [3.8, 4) is 0 Å². The third-order valence-corrected chi connectivity index (χ3v) is 7.04. The number of benzene rings is 2. The molecule has 0 saturated carbocycles. The van der Waals surface area contributed by atoms with Crippen LogP contribution in [-0.2, 0) is 25.7 Å². The quantitative estimate of drug-likeness (QED) is 0.274. The largest absolute Gasteiger partial charge is 0.462 e. The second-order valence-corrected chi connectivity index (χ2v) is 10.1. The van der Waals surface area contributed by atoms with Crippen molar-refractivity contribution < 1.29 is 45.4 Å². The maximum absolute atomic E-state index is 13.1. The molecule has 0 aliphatic rings. The van der Waals surface area contributed by atoms with Crippen LogP contribution in [0.15, 0.2) is 53.4 Å². The second kappa shape index (κ2) is 11.3. The first kappa shape index (κ1) is 29.4. The van der Waals surface area contributed by atoms with Crippen LogP contribution in [0.5, 0.6) is 0 Å². The van der Waals surface area contributed by atoms with Gasteiger partial charge in [0.25, 0.3) is 10.0 Å². The van der Waals surface area contributed by atoms with Crippen molar-refractivity contribution in [1.29, 1.82) is 0 Å². The molecule has 1 heterocycles. The first-order valence-electron chi connectivity index (χ1n) is 11.6. The van der Waals surface area contributed by atoms with Crippen LogP contribution in [-0.4, -0.2) is 43.8 Å². The Bertz CT molecular complexity index is 1530. The molecule has 0 saturated heterocycles. The first-order chi connectivity index (χ1) is 18.2. The van der Waals surface area contributed by atoms with E-state index >= 15 is 0 Å². The van der Waals surface area contributed by atoms with Crippen LogP contribution < -0.4 is 4.72 Å². The molecule has 0 aliphatic carbocycles. The summed E-state index contributed by atoms with van der Waals surface area (Å²) in [4.78, 5) is 40.3. The second-order valence-electron chi connectivity index (χ2n) is 8.43. The van der Waals surface area contributed by atoms with Crippen LogP contribution in [0.25, 0.3) is 0 Å². The van der Waals surface area contributed by atoms with Gasteiger partial charge in [0.15, 0.2) is 6.10 Å². The van der Waals surface area contributed by atoms with Crippen LogP contribution in [0.4, 0.5) is 18.9 Å². The SMILES string of the molecule is CCOC(=O)c1c(C)[nH]c(C(=O)C(C)OC(=O)c2ccccc2NS(=O)(=O)c2cccc(C(F)(F)F)c2)c1C. The maximum Gasteiger partial charge on any atom is 0.416 e. The fourth-order valence-electron chi connectivity index (χ4n) is 3.78. The Morgan fingerprint density at radius 3 is 2.33 bits per heavy atom. The lowest BCUT2D eigenvalue weighted by Crippen LogP contribution is -2.26. The summed E-state index contributed by atoms with van der Waals surface area (Å²) in [6.07, 6.45) is -6.11. The third-order valence-electron chi connectivity index (χ3n) is 5.68. The first-order valence-corrected chi connectivity index (χ1v) is 13.1. The van der Waals surface area contributed by atoms with Crippen molar-refractivity contribution in [3.63, 3.8) is 0 Å². The fraction of sp³-hybridized carbons (Fsp3) is 0.269. The number of anilines is 1. The Kier molecular flexibility index (Phi) is 8.54. The number of carbonyl (C=O) groups excluding carboxylic acids is 3. The van der Waals surface area contributed by atoms with E-state index in [2.05, 4.69) is 9.71 Å². The number of aryl methyl sites for hydroxylation is 1. The van der Waals surface area contributed by atoms with Crippen molar-refractivity contribution in [3.05, 3.63) is 82.2 Å². The summed E-state index contributed by atoms with van der Waals surface area (Å²) in [6.45, 7) is 6.20. The van der Waals surface area contributed by atoms with Crippen molar-refractivity contribution in [2.45, 2.75) is 44.9 Å². The Morgan fingerprint density at radius 2 is 1.69 bits per heavy atom. The van der Waals surface area contributed by atoms with E-state index in [0.717, 1.165) is 18.2 Å². The molecule has 1 aromatic heterocycles. The Hall–Kier alpha value is -4.13. The summed E-state index contributed by atoms with van der Waals surface area (Å²) in [6, 6.07) is 8.38. The number of alkyl halides is 3. The van der Waals surface area contributed by atoms with Gasteiger partial charge in [-0.1, -0.05) is 18.2 Å². The maximum atomic E-state index is 13.1. The lowest BCUT2D eigenvalue weighted by Gasteiger charge is -2.16. The van der Waals surface area contributed by atoms with Crippen molar-refractivity contribution in [2.24, 2.45) is 0 Å². The Morgan fingerprint density at radius 1 is 1.03 bits per heavy atom. The average Bonchev–Trinajstić information content (AvgIpc) is 3.16. The molecule has 0 aliphatic heterocycles. The number of ether oxygens (including phenoxy) is 2. The normalized spacial score (nSPS) is 12.5. The van der Waals surface area contributed by atoms with E-state index in [1.54, 1.807) is 13.8 Å². The summed E-state index contributed by atoms with van der Waals surface area (Å²) in [7, 11) is -4.53. The Balaban J connectivity index is 1.83. The summed E-state index contributed by atoms with van der Waals surface area (Å²) >= 11 is 0. The molecule has 0 amide bonds. The Labute approximate surface area is 222 Å². The number of aromatic nitrogens is 1. The number of aromatic amines is 1. The van der Waals surface area contributed by atoms with Crippen LogP contribution in [0.3, 0.4) is 0 Å². The summed E-state index contributed by atoms with van der Waals surface area (Å²) < 4.78 is 77.2. The minimum atomic E-state index is -4.76. The number of H-pyrrole nitrogens is 1. The van der Waals surface area contributed by atoms with Gasteiger partial charge in [0, 0.05) is 5.69 Å². The molecular formula is C26H25F3N2O7S. The van der Waals surface area contributed by atoms with Gasteiger partial charge in [-0.25, -0.2) is 18.0 Å². The monoisotopic (exact) mass is 566 g/mol. The molecule has 0 spiro atoms. The number of rotatable bonds is 9. The molecular weight excluding hydrogens is 541 g/mol. The van der Waals surface area contributed by atoms with Gasteiger partial charge in [0.2, 0.25) is 5.78 Å². The highest BCUT2D eigenvalue weighted by Gasteiger charge is 2.32. The fourth-order valence-corrected chi connectivity index (χ4v) is 4.91. The standard InChI is InChI=1S/C26H25F3N2O7S/c1-5-37-25(34)21-14(2)22(30-15(21)3)23(32)16(4)38-24(33)19-11-6-7-12-20(19)31-39(35,36)18-10-8-9-17(13-18)26(27,28)29/h6-13,16,30-31H,5H2,1-4H3. The minimum absolute atomic E-state index is 0.0365. The van der Waals surface area contributed by atoms with Gasteiger partial charge < -0.3 is 14.5 Å². The molecule has 1 unspecified atom stereocenters. The third kappa shape index (κ3) is 6.48. The molecule has 1 atom stereocenters. The molecule has 3 rings (SSSR count). The van der Waals surface area contributed by atoms with Gasteiger partial charge >= 0.3 is 18.1 Å². The van der Waals surface area contributed by atoms with Gasteiger partial charge in [0.1, 0.15) is 0 Å². The highest BCUT2D eigenvalue weighted by molar-refractivity contribution is 7.92. The smallest absolute Gasteiger partial charge is 0.416 e. The zero-order valence-electron chi connectivity index (χ0n) is 21.3. The van der Waals surface area contributed by atoms with Crippen LogP contribution in [0, 0.1) is 13.8 Å². The minimum Gasteiger partial charge on any atom is -0.462 e. The van der Waals surface area contributed by atoms with E-state index in [0.29, 0.717) is 17.3 Å². The predicted octanol–water partition coefficient (Wildman–Crippen LogP) is 5.06. The van der Waals surface area contributed by atoms with Crippen LogP contribution >= 0.6 is 0 Å². The van der Waals surface area contributed by atoms with E-state index in [4.69, 9.17) is 9.47 Å². The average molecular weight is 567 g/mol. The number of hydrogen-bond donors (Lipinski definition) is 2. The molecule has 9 nitrogen and oxygen atoms in total. The molecule has 0 bridgehead atoms. The molecule has 208 valence electrons. The molecule has 13 heteroatoms. The van der Waals surface area contributed by atoms with Crippen molar-refractivity contribution in [2.75, 3.05) is 11.3 Å². The summed E-state index contributed by atoms with van der Waals surface area (Å²) in [5.41, 5.74) is -0.778. The van der Waals surface area contributed by atoms with Crippen molar-refractivity contribution >= 4 is 33.4 Å². The number of ketones is 1. The molecule has 2 aromatic carbocycles. The molecule has 2 N–H and O–H groups in total. The lowest BCUT2D eigenvalue weighted by atomic mass is 10.1. The van der Waals surface area contributed by atoms with Gasteiger partial charge in [0.05, 0.1) is 39.6 Å². The van der Waals surface area contributed by atoms with E-state index in [9.17, 15) is 36.0 Å². The van der Waals surface area contributed by atoms with Gasteiger partial charge in [-0.05, 0) is 63.6 Å². The number of para-hydroxylation sites is 1. The number of nitrogens with one attached hydrogen (secondary N) is 2. The number of Topliss-reactive ketones (excluding diaryl/α,β-unsaturated/α-hetero) is 1. The topological polar surface area (TPSA) is 132 Å². The van der Waals surface area contributed by atoms with E-state index < -0.39 is 50.5 Å². The number of sulfonamides is 1. The van der Waals surface area contributed by atoms with Crippen LogP contribution in [0.2, 0.25) is 0 Å². The zero-order valence-corrected chi connectivity index (χ0v) is 22.1. The van der Waals surface area contributed by atoms with Crippen molar-refractivity contribution in [1.82, 2.24) is 4.98 Å². The zero-order chi connectivity index (χ0) is 29.1. The van der Waals surface area contributed by atoms with E-state index in [1.807, 2.05) is 0 Å². The van der Waals surface area contributed by atoms with E-state index in [1.165, 1.54) is 38.1 Å². The predicted molar refractivity (Wildman–Crippen MR) is 134 cm³/mol.